The summed E-state index contributed by atoms with van der Waals surface area (Å²) >= 11 is 6.76. The minimum Gasteiger partial charge on any atom is -0.383 e. The molecule has 6 nitrogen and oxygen atoms in total. The van der Waals surface area contributed by atoms with E-state index in [1.807, 2.05) is 34.9 Å². The van der Waals surface area contributed by atoms with Gasteiger partial charge in [0.25, 0.3) is 0 Å². The van der Waals surface area contributed by atoms with E-state index in [0.717, 1.165) is 35.3 Å². The van der Waals surface area contributed by atoms with Crippen molar-refractivity contribution in [3.63, 3.8) is 0 Å². The Labute approximate surface area is 192 Å². The number of nitrogens with one attached hydrogen (secondary N) is 1. The Bertz CT molecular complexity index is 1060. The van der Waals surface area contributed by atoms with E-state index in [4.69, 9.17) is 16.3 Å². The molecule has 1 N–H and O–H groups in total. The van der Waals surface area contributed by atoms with Crippen LogP contribution in [0.3, 0.4) is 0 Å². The van der Waals surface area contributed by atoms with Crippen LogP contribution in [-0.2, 0) is 28.7 Å². The lowest BCUT2D eigenvalue weighted by molar-refractivity contribution is -0.137. The number of anilines is 1. The number of aromatic nitrogens is 3. The first-order valence-electron chi connectivity index (χ1n) is 9.52. The maximum atomic E-state index is 13.0. The normalized spacial score (nSPS) is 11.5. The number of thioether (sulfide) groups is 1. The van der Waals surface area contributed by atoms with E-state index in [1.54, 1.807) is 7.11 Å². The minimum atomic E-state index is -4.61. The second-order valence-corrected chi connectivity index (χ2v) is 8.08. The van der Waals surface area contributed by atoms with Gasteiger partial charge < -0.3 is 14.6 Å². The van der Waals surface area contributed by atoms with Gasteiger partial charge in [-0.1, -0.05) is 53.7 Å². The van der Waals surface area contributed by atoms with Gasteiger partial charge in [0, 0.05) is 25.8 Å². The predicted octanol–water partition coefficient (Wildman–Crippen LogP) is 4.92. The lowest BCUT2D eigenvalue weighted by Gasteiger charge is -2.12. The SMILES string of the molecule is COCCn1c(Cc2ccccc2)nnc1SCC(=O)Nc1ccc(Cl)c(C(F)(F)F)c1. The average Bonchev–Trinajstić information content (AvgIpc) is 3.13. The van der Waals surface area contributed by atoms with Gasteiger partial charge in [0.2, 0.25) is 5.91 Å². The highest BCUT2D eigenvalue weighted by atomic mass is 35.5. The fourth-order valence-electron chi connectivity index (χ4n) is 2.89. The fraction of sp³-hybridized carbons (Fsp3) is 0.286. The van der Waals surface area contributed by atoms with E-state index in [-0.39, 0.29) is 11.4 Å². The molecule has 0 aliphatic carbocycles. The second-order valence-electron chi connectivity index (χ2n) is 6.73. The van der Waals surface area contributed by atoms with Gasteiger partial charge in [0.05, 0.1) is 22.9 Å². The number of alkyl halides is 3. The number of rotatable bonds is 9. The molecular formula is C21H20ClF3N4O2S. The van der Waals surface area contributed by atoms with Gasteiger partial charge in [-0.2, -0.15) is 13.2 Å². The summed E-state index contributed by atoms with van der Waals surface area (Å²) in [7, 11) is 1.59. The number of carbonyl (C=O) groups is 1. The fourth-order valence-corrected chi connectivity index (χ4v) is 3.90. The lowest BCUT2D eigenvalue weighted by Crippen LogP contribution is -2.16. The molecule has 11 heteroatoms. The van der Waals surface area contributed by atoms with Crippen LogP contribution >= 0.6 is 23.4 Å². The van der Waals surface area contributed by atoms with E-state index in [9.17, 15) is 18.0 Å². The number of nitrogens with zero attached hydrogens (tertiary/aromatic N) is 3. The summed E-state index contributed by atoms with van der Waals surface area (Å²) in [6.45, 7) is 0.937. The molecule has 2 aromatic carbocycles. The van der Waals surface area contributed by atoms with E-state index in [1.165, 1.54) is 6.07 Å². The number of hydrogen-bond acceptors (Lipinski definition) is 5. The second kappa shape index (κ2) is 10.8. The topological polar surface area (TPSA) is 69.0 Å². The van der Waals surface area contributed by atoms with Crippen LogP contribution in [0, 0.1) is 0 Å². The summed E-state index contributed by atoms with van der Waals surface area (Å²) in [5, 5.41) is 11.0. The molecular weight excluding hydrogens is 465 g/mol. The third-order valence-electron chi connectivity index (χ3n) is 4.41. The van der Waals surface area contributed by atoms with Crippen LogP contribution in [0.15, 0.2) is 53.7 Å². The maximum absolute atomic E-state index is 13.0. The van der Waals surface area contributed by atoms with Gasteiger partial charge in [0.15, 0.2) is 5.16 Å². The molecule has 170 valence electrons. The quantitative estimate of drug-likeness (QED) is 0.437. The number of ether oxygens (including phenoxy) is 1. The Balaban J connectivity index is 1.67. The largest absolute Gasteiger partial charge is 0.417 e. The third kappa shape index (κ3) is 6.47. The van der Waals surface area contributed by atoms with Crippen LogP contribution in [0.25, 0.3) is 0 Å². The summed E-state index contributed by atoms with van der Waals surface area (Å²) in [4.78, 5) is 12.3. The van der Waals surface area contributed by atoms with Gasteiger partial charge in [-0.15, -0.1) is 10.2 Å². The van der Waals surface area contributed by atoms with E-state index in [2.05, 4.69) is 15.5 Å². The van der Waals surface area contributed by atoms with Crippen molar-refractivity contribution >= 4 is 35.0 Å². The summed E-state index contributed by atoms with van der Waals surface area (Å²) in [5.41, 5.74) is 0.0727. The van der Waals surface area contributed by atoms with Crippen LogP contribution in [0.1, 0.15) is 17.0 Å². The molecule has 0 aliphatic heterocycles. The standard InChI is InChI=1S/C21H20ClF3N4O2S/c1-31-10-9-29-18(11-14-5-3-2-4-6-14)27-28-20(29)32-13-19(30)26-15-7-8-17(22)16(12-15)21(23,24)25/h2-8,12H,9-11,13H2,1H3,(H,26,30). The molecule has 0 atom stereocenters. The number of amides is 1. The number of benzene rings is 2. The first-order valence-corrected chi connectivity index (χ1v) is 10.9. The van der Waals surface area contributed by atoms with Crippen molar-refractivity contribution in [1.29, 1.82) is 0 Å². The Hall–Kier alpha value is -2.56. The van der Waals surface area contributed by atoms with Crippen LogP contribution in [-0.4, -0.2) is 40.1 Å². The molecule has 0 spiro atoms. The van der Waals surface area contributed by atoms with Crippen molar-refractivity contribution in [1.82, 2.24) is 14.8 Å². The molecule has 0 saturated heterocycles. The molecule has 0 radical (unpaired) electrons. The maximum Gasteiger partial charge on any atom is 0.417 e. The lowest BCUT2D eigenvalue weighted by atomic mass is 10.1. The van der Waals surface area contributed by atoms with Crippen LogP contribution in [0.4, 0.5) is 18.9 Å². The van der Waals surface area contributed by atoms with Crippen molar-refractivity contribution in [2.45, 2.75) is 24.3 Å². The van der Waals surface area contributed by atoms with Crippen LogP contribution in [0.2, 0.25) is 5.02 Å². The smallest absolute Gasteiger partial charge is 0.383 e. The summed E-state index contributed by atoms with van der Waals surface area (Å²) < 4.78 is 46.1. The minimum absolute atomic E-state index is 0.0120. The number of carbonyl (C=O) groups excluding carboxylic acids is 1. The number of hydrogen-bond donors (Lipinski definition) is 1. The molecule has 3 aromatic rings. The highest BCUT2D eigenvalue weighted by Crippen LogP contribution is 2.36. The first-order chi connectivity index (χ1) is 15.3. The van der Waals surface area contributed by atoms with Gasteiger partial charge in [-0.05, 0) is 23.8 Å². The predicted molar refractivity (Wildman–Crippen MR) is 117 cm³/mol. The van der Waals surface area contributed by atoms with Gasteiger partial charge in [-0.3, -0.25) is 4.79 Å². The third-order valence-corrected chi connectivity index (χ3v) is 5.70. The molecule has 0 unspecified atom stereocenters. The number of methoxy groups -OCH3 is 1. The summed E-state index contributed by atoms with van der Waals surface area (Å²) in [6.07, 6.45) is -4.05. The van der Waals surface area contributed by atoms with Crippen molar-refractivity contribution in [3.05, 3.63) is 70.5 Å². The molecule has 3 rings (SSSR count). The Morgan fingerprint density at radius 3 is 2.62 bits per heavy atom. The highest BCUT2D eigenvalue weighted by molar-refractivity contribution is 7.99. The van der Waals surface area contributed by atoms with Crippen LogP contribution < -0.4 is 5.32 Å². The monoisotopic (exact) mass is 484 g/mol. The van der Waals surface area contributed by atoms with Gasteiger partial charge in [0.1, 0.15) is 5.82 Å². The number of halogens is 4. The summed E-state index contributed by atoms with van der Waals surface area (Å²) in [5.74, 6) is 0.195. The zero-order chi connectivity index (χ0) is 23.1. The molecule has 1 aromatic heterocycles. The zero-order valence-corrected chi connectivity index (χ0v) is 18.6. The van der Waals surface area contributed by atoms with Crippen LogP contribution in [0.5, 0.6) is 0 Å². The van der Waals surface area contributed by atoms with E-state index >= 15 is 0 Å². The van der Waals surface area contributed by atoms with Crippen molar-refractivity contribution in [2.24, 2.45) is 0 Å². The summed E-state index contributed by atoms with van der Waals surface area (Å²) in [6, 6.07) is 13.0. The van der Waals surface area contributed by atoms with Crippen molar-refractivity contribution in [3.8, 4) is 0 Å². The Morgan fingerprint density at radius 1 is 1.19 bits per heavy atom. The molecule has 1 heterocycles. The molecule has 0 bridgehead atoms. The van der Waals surface area contributed by atoms with Gasteiger partial charge >= 0.3 is 6.18 Å². The molecule has 0 fully saturated rings. The Morgan fingerprint density at radius 2 is 1.94 bits per heavy atom. The molecule has 0 saturated carbocycles. The Kier molecular flexibility index (Phi) is 8.16. The molecule has 0 aliphatic rings. The molecule has 32 heavy (non-hydrogen) atoms. The van der Waals surface area contributed by atoms with Gasteiger partial charge in [-0.25, -0.2) is 0 Å². The first kappa shape index (κ1) is 24.1. The zero-order valence-electron chi connectivity index (χ0n) is 17.0. The average molecular weight is 485 g/mol. The van der Waals surface area contributed by atoms with Crippen molar-refractivity contribution in [2.75, 3.05) is 24.8 Å². The molecule has 1 amide bonds. The van der Waals surface area contributed by atoms with E-state index < -0.39 is 22.7 Å². The highest BCUT2D eigenvalue weighted by Gasteiger charge is 2.33. The van der Waals surface area contributed by atoms with Crippen molar-refractivity contribution < 1.29 is 22.7 Å². The van der Waals surface area contributed by atoms with E-state index in [0.29, 0.717) is 24.7 Å².